The summed E-state index contributed by atoms with van der Waals surface area (Å²) >= 11 is 8.97. The molecule has 3 N–H and O–H groups in total. The van der Waals surface area contributed by atoms with E-state index in [4.69, 9.17) is 17.3 Å². The molecule has 0 unspecified atom stereocenters. The molecule has 0 bridgehead atoms. The Morgan fingerprint density at radius 2 is 2.00 bits per heavy atom. The number of halogens is 3. The second-order valence-electron chi connectivity index (χ2n) is 4.32. The molecule has 2 aromatic rings. The van der Waals surface area contributed by atoms with E-state index in [1.165, 1.54) is 0 Å². The van der Waals surface area contributed by atoms with Crippen LogP contribution in [0.15, 0.2) is 39.7 Å². The number of hydrogen-bond donors (Lipinski definition) is 2. The number of nitrogen functional groups attached to an aromatic ring is 1. The summed E-state index contributed by atoms with van der Waals surface area (Å²) in [5, 5.41) is 0.438. The minimum absolute atomic E-state index is 0.0846. The van der Waals surface area contributed by atoms with Crippen molar-refractivity contribution in [1.29, 1.82) is 0 Å². The number of benzene rings is 2. The number of rotatable bonds is 3. The maximum Gasteiger partial charge on any atom is 0.263 e. The van der Waals surface area contributed by atoms with Crippen molar-refractivity contribution >= 4 is 48.9 Å². The Hall–Kier alpha value is -1.31. The standard InChI is InChI=1S/C13H11BrClFN2O2S/c1-7-9(15)3-2-4-12(7)18-21(19,20)13-6-11(17)10(16)5-8(13)14/h2-6,18H,17H2,1H3. The van der Waals surface area contributed by atoms with E-state index in [9.17, 15) is 12.8 Å². The maximum absolute atomic E-state index is 13.3. The van der Waals surface area contributed by atoms with E-state index in [1.54, 1.807) is 25.1 Å². The highest BCUT2D eigenvalue weighted by molar-refractivity contribution is 9.10. The average molecular weight is 394 g/mol. The fraction of sp³-hybridized carbons (Fsp3) is 0.0769. The molecule has 0 radical (unpaired) electrons. The van der Waals surface area contributed by atoms with Crippen molar-refractivity contribution in [2.24, 2.45) is 0 Å². The van der Waals surface area contributed by atoms with Crippen LogP contribution in [0.3, 0.4) is 0 Å². The number of sulfonamides is 1. The van der Waals surface area contributed by atoms with E-state index >= 15 is 0 Å². The predicted octanol–water partition coefficient (Wildman–Crippen LogP) is 3.93. The second kappa shape index (κ2) is 5.82. The molecule has 21 heavy (non-hydrogen) atoms. The molecule has 4 nitrogen and oxygen atoms in total. The first kappa shape index (κ1) is 16.1. The zero-order valence-electron chi connectivity index (χ0n) is 10.8. The molecule has 0 fully saturated rings. The maximum atomic E-state index is 13.3. The molecule has 0 amide bonds. The number of anilines is 2. The van der Waals surface area contributed by atoms with Crippen LogP contribution in [0.2, 0.25) is 5.02 Å². The highest BCUT2D eigenvalue weighted by atomic mass is 79.9. The van der Waals surface area contributed by atoms with Gasteiger partial charge in [-0.1, -0.05) is 17.7 Å². The van der Waals surface area contributed by atoms with E-state index in [0.717, 1.165) is 12.1 Å². The Kier molecular flexibility index (Phi) is 4.46. The van der Waals surface area contributed by atoms with Crippen molar-refractivity contribution in [2.75, 3.05) is 10.5 Å². The normalized spacial score (nSPS) is 11.4. The summed E-state index contributed by atoms with van der Waals surface area (Å²) < 4.78 is 40.6. The Balaban J connectivity index is 2.48. The summed E-state index contributed by atoms with van der Waals surface area (Å²) in [6.07, 6.45) is 0. The van der Waals surface area contributed by atoms with Crippen LogP contribution in [0, 0.1) is 12.7 Å². The SMILES string of the molecule is Cc1c(Cl)cccc1NS(=O)(=O)c1cc(N)c(F)cc1Br. The van der Waals surface area contributed by atoms with Crippen LogP contribution in [0.4, 0.5) is 15.8 Å². The molecule has 2 aromatic carbocycles. The molecule has 0 aliphatic rings. The van der Waals surface area contributed by atoms with Crippen molar-refractivity contribution in [2.45, 2.75) is 11.8 Å². The molecule has 0 heterocycles. The Morgan fingerprint density at radius 3 is 2.67 bits per heavy atom. The van der Waals surface area contributed by atoms with Crippen molar-refractivity contribution in [1.82, 2.24) is 0 Å². The van der Waals surface area contributed by atoms with Crippen LogP contribution >= 0.6 is 27.5 Å². The van der Waals surface area contributed by atoms with Gasteiger partial charge in [0.2, 0.25) is 0 Å². The van der Waals surface area contributed by atoms with E-state index in [1.807, 2.05) is 0 Å². The van der Waals surface area contributed by atoms with Crippen molar-refractivity contribution < 1.29 is 12.8 Å². The zero-order valence-corrected chi connectivity index (χ0v) is 14.0. The number of nitrogens with two attached hydrogens (primary N) is 1. The highest BCUT2D eigenvalue weighted by Gasteiger charge is 2.21. The molecule has 0 atom stereocenters. The van der Waals surface area contributed by atoms with Gasteiger partial charge in [-0.25, -0.2) is 12.8 Å². The van der Waals surface area contributed by atoms with E-state index in [2.05, 4.69) is 20.7 Å². The van der Waals surface area contributed by atoms with Crippen LogP contribution in [-0.2, 0) is 10.0 Å². The molecule has 112 valence electrons. The summed E-state index contributed by atoms with van der Waals surface area (Å²) in [6, 6.07) is 6.93. The molecule has 0 saturated heterocycles. The lowest BCUT2D eigenvalue weighted by atomic mass is 10.2. The number of nitrogens with one attached hydrogen (secondary N) is 1. The lowest BCUT2D eigenvalue weighted by Gasteiger charge is -2.13. The molecule has 8 heteroatoms. The van der Waals surface area contributed by atoms with Gasteiger partial charge in [-0.15, -0.1) is 0 Å². The van der Waals surface area contributed by atoms with Crippen LogP contribution in [0.1, 0.15) is 5.56 Å². The van der Waals surface area contributed by atoms with Gasteiger partial charge in [-0.2, -0.15) is 0 Å². The smallest absolute Gasteiger partial charge is 0.263 e. The quantitative estimate of drug-likeness (QED) is 0.776. The van der Waals surface area contributed by atoms with Crippen molar-refractivity contribution in [3.63, 3.8) is 0 Å². The largest absolute Gasteiger partial charge is 0.396 e. The van der Waals surface area contributed by atoms with Gasteiger partial charge < -0.3 is 5.73 Å². The molecular weight excluding hydrogens is 383 g/mol. The Labute approximate surface area is 135 Å². The van der Waals surface area contributed by atoms with Crippen LogP contribution in [0.5, 0.6) is 0 Å². The molecule has 0 aliphatic carbocycles. The molecule has 0 aromatic heterocycles. The summed E-state index contributed by atoms with van der Waals surface area (Å²) in [5.74, 6) is -0.695. The minimum Gasteiger partial charge on any atom is -0.396 e. The molecule has 2 rings (SSSR count). The fourth-order valence-electron chi connectivity index (χ4n) is 1.67. The topological polar surface area (TPSA) is 72.2 Å². The van der Waals surface area contributed by atoms with Gasteiger partial charge in [0.05, 0.1) is 11.4 Å². The Morgan fingerprint density at radius 1 is 1.33 bits per heavy atom. The van der Waals surface area contributed by atoms with Gasteiger partial charge in [0.25, 0.3) is 10.0 Å². The average Bonchev–Trinajstić information content (AvgIpc) is 2.39. The molecule has 0 spiro atoms. The van der Waals surface area contributed by atoms with Gasteiger partial charge in [0.1, 0.15) is 10.7 Å². The van der Waals surface area contributed by atoms with E-state index in [0.29, 0.717) is 16.3 Å². The summed E-state index contributed by atoms with van der Waals surface area (Å²) in [5.41, 5.74) is 6.11. The third-order valence-electron chi connectivity index (χ3n) is 2.85. The molecule has 0 saturated carbocycles. The van der Waals surface area contributed by atoms with Gasteiger partial charge in [-0.3, -0.25) is 4.72 Å². The van der Waals surface area contributed by atoms with Gasteiger partial charge in [0, 0.05) is 9.50 Å². The minimum atomic E-state index is -3.92. The second-order valence-corrected chi connectivity index (χ2v) is 7.23. The third kappa shape index (κ3) is 3.30. The summed E-state index contributed by atoms with van der Waals surface area (Å²) in [7, 11) is -3.92. The first-order valence-electron chi connectivity index (χ1n) is 5.75. The summed E-state index contributed by atoms with van der Waals surface area (Å²) in [4.78, 5) is -0.152. The molecule has 0 aliphatic heterocycles. The van der Waals surface area contributed by atoms with Crippen LogP contribution < -0.4 is 10.5 Å². The van der Waals surface area contributed by atoms with Gasteiger partial charge in [0.15, 0.2) is 0 Å². The third-order valence-corrected chi connectivity index (χ3v) is 5.59. The highest BCUT2D eigenvalue weighted by Crippen LogP contribution is 2.30. The van der Waals surface area contributed by atoms with Crippen LogP contribution in [-0.4, -0.2) is 8.42 Å². The van der Waals surface area contributed by atoms with Crippen molar-refractivity contribution in [3.8, 4) is 0 Å². The fourth-order valence-corrected chi connectivity index (χ4v) is 4.02. The summed E-state index contributed by atoms with van der Waals surface area (Å²) in [6.45, 7) is 1.69. The van der Waals surface area contributed by atoms with Crippen molar-refractivity contribution in [3.05, 3.63) is 51.2 Å². The lowest BCUT2D eigenvalue weighted by molar-refractivity contribution is 0.599. The van der Waals surface area contributed by atoms with E-state index < -0.39 is 15.8 Å². The van der Waals surface area contributed by atoms with Crippen LogP contribution in [0.25, 0.3) is 0 Å². The molecular formula is C13H11BrClFN2O2S. The first-order chi connectivity index (χ1) is 9.72. The predicted molar refractivity (Wildman–Crippen MR) is 85.5 cm³/mol. The van der Waals surface area contributed by atoms with Gasteiger partial charge >= 0.3 is 0 Å². The zero-order chi connectivity index (χ0) is 15.8. The Bertz CT molecular complexity index is 812. The number of hydrogen-bond acceptors (Lipinski definition) is 3. The van der Waals surface area contributed by atoms with Gasteiger partial charge in [-0.05, 0) is 52.7 Å². The van der Waals surface area contributed by atoms with E-state index in [-0.39, 0.29) is 15.1 Å². The lowest BCUT2D eigenvalue weighted by Crippen LogP contribution is -2.15. The monoisotopic (exact) mass is 392 g/mol. The first-order valence-corrected chi connectivity index (χ1v) is 8.40.